The summed E-state index contributed by atoms with van der Waals surface area (Å²) in [6, 6.07) is 0. The van der Waals surface area contributed by atoms with Crippen molar-refractivity contribution in [2.75, 3.05) is 6.54 Å². The number of rotatable bonds is 11. The fourth-order valence-corrected chi connectivity index (χ4v) is 2.73. The summed E-state index contributed by atoms with van der Waals surface area (Å²) in [7, 11) is 0. The molecule has 0 atom stereocenters. The SMILES string of the molecule is C=CCC/C=C(\C)NC(=O)CCCCCNC(=O)C1=CC=CCC=C1S. The van der Waals surface area contributed by atoms with Crippen LogP contribution in [0.15, 0.2) is 59.2 Å². The van der Waals surface area contributed by atoms with Crippen LogP contribution < -0.4 is 10.6 Å². The summed E-state index contributed by atoms with van der Waals surface area (Å²) in [5.74, 6) is -0.0579. The molecule has 2 N–H and O–H groups in total. The Bertz CT molecular complexity index is 616. The zero-order chi connectivity index (χ0) is 19.2. The maximum Gasteiger partial charge on any atom is 0.252 e. The van der Waals surface area contributed by atoms with Gasteiger partial charge >= 0.3 is 0 Å². The molecule has 0 aromatic heterocycles. The van der Waals surface area contributed by atoms with Gasteiger partial charge < -0.3 is 10.6 Å². The average Bonchev–Trinajstić information content (AvgIpc) is 2.82. The maximum atomic E-state index is 12.2. The molecule has 1 aliphatic rings. The van der Waals surface area contributed by atoms with Gasteiger partial charge in [-0.3, -0.25) is 9.59 Å². The summed E-state index contributed by atoms with van der Waals surface area (Å²) >= 11 is 4.36. The Balaban J connectivity index is 2.15. The molecule has 1 rings (SSSR count). The minimum atomic E-state index is -0.101. The van der Waals surface area contributed by atoms with Gasteiger partial charge in [0.25, 0.3) is 5.91 Å². The molecule has 0 aromatic rings. The van der Waals surface area contributed by atoms with E-state index in [2.05, 4.69) is 29.8 Å². The van der Waals surface area contributed by atoms with E-state index < -0.39 is 0 Å². The minimum absolute atomic E-state index is 0.0432. The molecule has 1 aliphatic carbocycles. The van der Waals surface area contributed by atoms with Gasteiger partial charge in [0.2, 0.25) is 5.91 Å². The van der Waals surface area contributed by atoms with Crippen molar-refractivity contribution in [3.8, 4) is 0 Å². The number of hydrogen-bond donors (Lipinski definition) is 3. The second kappa shape index (κ2) is 13.2. The summed E-state index contributed by atoms with van der Waals surface area (Å²) < 4.78 is 0. The van der Waals surface area contributed by atoms with Crippen molar-refractivity contribution in [1.29, 1.82) is 0 Å². The van der Waals surface area contributed by atoms with E-state index >= 15 is 0 Å². The summed E-state index contributed by atoms with van der Waals surface area (Å²) in [5.41, 5.74) is 1.49. The first-order valence-corrected chi connectivity index (χ1v) is 9.61. The van der Waals surface area contributed by atoms with E-state index in [0.29, 0.717) is 23.4 Å². The minimum Gasteiger partial charge on any atom is -0.352 e. The summed E-state index contributed by atoms with van der Waals surface area (Å²) in [5, 5.41) is 5.80. The second-order valence-corrected chi connectivity index (χ2v) is 6.68. The number of thiol groups is 1. The van der Waals surface area contributed by atoms with Gasteiger partial charge in [0.15, 0.2) is 0 Å². The van der Waals surface area contributed by atoms with Gasteiger partial charge in [-0.2, -0.15) is 0 Å². The van der Waals surface area contributed by atoms with Crippen LogP contribution in [0.2, 0.25) is 0 Å². The van der Waals surface area contributed by atoms with Gasteiger partial charge in [-0.25, -0.2) is 0 Å². The number of hydrogen-bond acceptors (Lipinski definition) is 3. The van der Waals surface area contributed by atoms with Crippen molar-refractivity contribution >= 4 is 24.4 Å². The number of carbonyl (C=O) groups is 2. The zero-order valence-corrected chi connectivity index (χ0v) is 16.5. The molecule has 0 fully saturated rings. The molecule has 4 nitrogen and oxygen atoms in total. The lowest BCUT2D eigenvalue weighted by molar-refractivity contribution is -0.120. The van der Waals surface area contributed by atoms with Crippen LogP contribution >= 0.6 is 12.6 Å². The summed E-state index contributed by atoms with van der Waals surface area (Å²) in [6.45, 7) is 6.17. The molecule has 0 heterocycles. The molecule has 5 heteroatoms. The molecule has 0 spiro atoms. The van der Waals surface area contributed by atoms with Crippen LogP contribution in [0, 0.1) is 0 Å². The third kappa shape index (κ3) is 9.47. The van der Waals surface area contributed by atoms with Crippen LogP contribution in [-0.4, -0.2) is 18.4 Å². The van der Waals surface area contributed by atoms with Gasteiger partial charge in [-0.15, -0.1) is 19.2 Å². The first kappa shape index (κ1) is 22.0. The highest BCUT2D eigenvalue weighted by molar-refractivity contribution is 7.84. The number of nitrogens with one attached hydrogen (secondary N) is 2. The van der Waals surface area contributed by atoms with Crippen molar-refractivity contribution in [1.82, 2.24) is 10.6 Å². The summed E-state index contributed by atoms with van der Waals surface area (Å²) in [4.78, 5) is 24.7. The van der Waals surface area contributed by atoms with Gasteiger partial charge in [0.1, 0.15) is 0 Å². The smallest absolute Gasteiger partial charge is 0.252 e. The van der Waals surface area contributed by atoms with Crippen molar-refractivity contribution in [3.05, 3.63) is 59.2 Å². The molecule has 0 unspecified atom stereocenters. The molecular formula is C21H30N2O2S. The van der Waals surface area contributed by atoms with E-state index in [1.165, 1.54) is 0 Å². The molecule has 2 amide bonds. The van der Waals surface area contributed by atoms with Crippen LogP contribution in [-0.2, 0) is 9.59 Å². The standard InChI is InChI=1S/C21H30N2O2S/c1-3-4-7-12-17(2)23-20(24)15-10-6-11-16-22-21(25)18-13-8-5-9-14-19(18)26/h3,5,8,12-14,26H,1,4,6-7,9-11,15-16H2,2H3,(H,22,25)(H,23,24)/b17-12+. The Hall–Kier alpha value is -2.01. The van der Waals surface area contributed by atoms with Crippen LogP contribution in [0.3, 0.4) is 0 Å². The molecule has 0 aliphatic heterocycles. The van der Waals surface area contributed by atoms with Crippen LogP contribution in [0.5, 0.6) is 0 Å². The maximum absolute atomic E-state index is 12.2. The molecule has 0 bridgehead atoms. The predicted molar refractivity (Wildman–Crippen MR) is 112 cm³/mol. The largest absolute Gasteiger partial charge is 0.352 e. The van der Waals surface area contributed by atoms with E-state index in [-0.39, 0.29) is 11.8 Å². The first-order valence-electron chi connectivity index (χ1n) is 9.16. The average molecular weight is 375 g/mol. The molecule has 0 radical (unpaired) electrons. The van der Waals surface area contributed by atoms with Gasteiger partial charge in [0, 0.05) is 23.6 Å². The zero-order valence-electron chi connectivity index (χ0n) is 15.6. The Morgan fingerprint density at radius 1 is 1.27 bits per heavy atom. The predicted octanol–water partition coefficient (Wildman–Crippen LogP) is 4.35. The van der Waals surface area contributed by atoms with Gasteiger partial charge in [0.05, 0.1) is 5.57 Å². The fraction of sp³-hybridized carbons (Fsp3) is 0.429. The Morgan fingerprint density at radius 3 is 2.85 bits per heavy atom. The number of carbonyl (C=O) groups excluding carboxylic acids is 2. The monoisotopic (exact) mass is 374 g/mol. The Morgan fingerprint density at radius 2 is 2.08 bits per heavy atom. The Kier molecular flexibility index (Phi) is 11.2. The van der Waals surface area contributed by atoms with Crippen molar-refractivity contribution < 1.29 is 9.59 Å². The molecule has 0 aromatic carbocycles. The van der Waals surface area contributed by atoms with E-state index in [1.54, 1.807) is 6.08 Å². The second-order valence-electron chi connectivity index (χ2n) is 6.20. The first-order chi connectivity index (χ1) is 12.5. The van der Waals surface area contributed by atoms with Gasteiger partial charge in [-0.1, -0.05) is 36.8 Å². The summed E-state index contributed by atoms with van der Waals surface area (Å²) in [6.07, 6.45) is 17.1. The third-order valence-electron chi connectivity index (χ3n) is 3.89. The third-order valence-corrected chi connectivity index (χ3v) is 4.31. The lowest BCUT2D eigenvalue weighted by atomic mass is 10.1. The lowest BCUT2D eigenvalue weighted by Crippen LogP contribution is -2.26. The van der Waals surface area contributed by atoms with E-state index in [0.717, 1.165) is 44.2 Å². The number of unbranched alkanes of at least 4 members (excludes halogenated alkanes) is 3. The molecule has 0 saturated carbocycles. The quantitative estimate of drug-likeness (QED) is 0.286. The molecule has 0 saturated heterocycles. The molecular weight excluding hydrogens is 344 g/mol. The highest BCUT2D eigenvalue weighted by Crippen LogP contribution is 2.18. The van der Waals surface area contributed by atoms with Crippen LogP contribution in [0.4, 0.5) is 0 Å². The molecule has 26 heavy (non-hydrogen) atoms. The van der Waals surface area contributed by atoms with Crippen molar-refractivity contribution in [3.63, 3.8) is 0 Å². The number of allylic oxidation sites excluding steroid dienone is 7. The highest BCUT2D eigenvalue weighted by atomic mass is 32.1. The highest BCUT2D eigenvalue weighted by Gasteiger charge is 2.11. The van der Waals surface area contributed by atoms with Crippen LogP contribution in [0.1, 0.15) is 51.9 Å². The number of amides is 2. The molecule has 142 valence electrons. The van der Waals surface area contributed by atoms with Gasteiger partial charge in [-0.05, 0) is 45.1 Å². The van der Waals surface area contributed by atoms with Crippen molar-refractivity contribution in [2.45, 2.75) is 51.9 Å². The normalized spacial score (nSPS) is 14.2. The van der Waals surface area contributed by atoms with E-state index in [1.807, 2.05) is 37.3 Å². The topological polar surface area (TPSA) is 58.2 Å². The van der Waals surface area contributed by atoms with Crippen molar-refractivity contribution in [2.24, 2.45) is 0 Å². The Labute approximate surface area is 162 Å². The van der Waals surface area contributed by atoms with Crippen LogP contribution in [0.25, 0.3) is 0 Å². The van der Waals surface area contributed by atoms with E-state index in [4.69, 9.17) is 0 Å². The fourth-order valence-electron chi connectivity index (χ4n) is 2.45. The van der Waals surface area contributed by atoms with E-state index in [9.17, 15) is 9.59 Å². The lowest BCUT2D eigenvalue weighted by Gasteiger charge is -2.08.